The number of halogens is 2. The molecule has 0 aliphatic rings. The first-order valence-electron chi connectivity index (χ1n) is 6.40. The lowest BCUT2D eigenvalue weighted by molar-refractivity contribution is 0.102. The van der Waals surface area contributed by atoms with Gasteiger partial charge in [0.25, 0.3) is 5.91 Å². The molecule has 2 heterocycles. The van der Waals surface area contributed by atoms with Gasteiger partial charge in [0, 0.05) is 5.56 Å². The molecule has 1 N–H and O–H groups in total. The van der Waals surface area contributed by atoms with E-state index in [1.54, 1.807) is 24.3 Å². The van der Waals surface area contributed by atoms with Gasteiger partial charge in [-0.2, -0.15) is 8.75 Å². The van der Waals surface area contributed by atoms with Crippen molar-refractivity contribution in [3.05, 3.63) is 45.9 Å². The largest absolute Gasteiger partial charge is 0.298 e. The van der Waals surface area contributed by atoms with Crippen LogP contribution in [-0.2, 0) is 0 Å². The number of anilines is 1. The molecule has 0 aliphatic carbocycles. The van der Waals surface area contributed by atoms with Crippen molar-refractivity contribution in [2.75, 3.05) is 5.32 Å². The van der Waals surface area contributed by atoms with Crippen LogP contribution in [0.3, 0.4) is 0 Å². The van der Waals surface area contributed by atoms with E-state index < -0.39 is 0 Å². The van der Waals surface area contributed by atoms with Crippen LogP contribution in [0.1, 0.15) is 10.4 Å². The standard InChI is InChI=1S/C14H6Cl2N4OS2/c15-7-2-4-10-12(11(7)16)17-14(22-10)18-13(21)6-1-3-8-9(5-6)20-23-19-8/h1-5H,(H,17,18,21). The van der Waals surface area contributed by atoms with Crippen LogP contribution in [0.5, 0.6) is 0 Å². The molecule has 23 heavy (non-hydrogen) atoms. The molecule has 0 fully saturated rings. The maximum absolute atomic E-state index is 12.4. The molecule has 4 aromatic rings. The summed E-state index contributed by atoms with van der Waals surface area (Å²) in [5.41, 5.74) is 2.54. The summed E-state index contributed by atoms with van der Waals surface area (Å²) in [5.74, 6) is -0.263. The lowest BCUT2D eigenvalue weighted by Crippen LogP contribution is -2.11. The lowest BCUT2D eigenvalue weighted by atomic mass is 10.2. The number of nitrogens with one attached hydrogen (secondary N) is 1. The van der Waals surface area contributed by atoms with E-state index in [9.17, 15) is 4.79 Å². The van der Waals surface area contributed by atoms with Crippen molar-refractivity contribution >= 4 is 78.6 Å². The number of hydrogen-bond donors (Lipinski definition) is 1. The van der Waals surface area contributed by atoms with Gasteiger partial charge in [0.1, 0.15) is 16.6 Å². The van der Waals surface area contributed by atoms with E-state index in [2.05, 4.69) is 19.0 Å². The molecule has 0 bridgehead atoms. The van der Waals surface area contributed by atoms with Gasteiger partial charge in [-0.25, -0.2) is 4.98 Å². The summed E-state index contributed by atoms with van der Waals surface area (Å²) in [4.78, 5) is 16.7. The number of rotatable bonds is 2. The molecule has 4 rings (SSSR count). The van der Waals surface area contributed by atoms with Crippen molar-refractivity contribution in [3.8, 4) is 0 Å². The van der Waals surface area contributed by atoms with Gasteiger partial charge < -0.3 is 0 Å². The van der Waals surface area contributed by atoms with Crippen LogP contribution in [0, 0.1) is 0 Å². The van der Waals surface area contributed by atoms with Crippen molar-refractivity contribution in [2.45, 2.75) is 0 Å². The summed E-state index contributed by atoms with van der Waals surface area (Å²) in [6.45, 7) is 0. The van der Waals surface area contributed by atoms with E-state index in [1.807, 2.05) is 6.07 Å². The van der Waals surface area contributed by atoms with E-state index in [0.29, 0.717) is 31.8 Å². The van der Waals surface area contributed by atoms with Gasteiger partial charge in [0.15, 0.2) is 5.13 Å². The third-order valence-electron chi connectivity index (χ3n) is 3.19. The van der Waals surface area contributed by atoms with E-state index in [1.165, 1.54) is 11.3 Å². The Bertz CT molecular complexity index is 1060. The smallest absolute Gasteiger partial charge is 0.257 e. The molecule has 0 saturated heterocycles. The Hall–Kier alpha value is -1.80. The Morgan fingerprint density at radius 2 is 1.91 bits per heavy atom. The van der Waals surface area contributed by atoms with E-state index in [0.717, 1.165) is 21.9 Å². The van der Waals surface area contributed by atoms with Gasteiger partial charge >= 0.3 is 0 Å². The normalized spacial score (nSPS) is 11.2. The first-order chi connectivity index (χ1) is 11.1. The van der Waals surface area contributed by atoms with E-state index in [-0.39, 0.29) is 5.91 Å². The minimum atomic E-state index is -0.263. The highest BCUT2D eigenvalue weighted by Crippen LogP contribution is 2.35. The van der Waals surface area contributed by atoms with Gasteiger partial charge in [-0.05, 0) is 30.3 Å². The fourth-order valence-corrected chi connectivity index (χ4v) is 3.89. The Morgan fingerprint density at radius 3 is 2.78 bits per heavy atom. The highest BCUT2D eigenvalue weighted by Gasteiger charge is 2.14. The number of amides is 1. The minimum Gasteiger partial charge on any atom is -0.298 e. The average molecular weight is 381 g/mol. The van der Waals surface area contributed by atoms with E-state index in [4.69, 9.17) is 23.2 Å². The minimum absolute atomic E-state index is 0.263. The van der Waals surface area contributed by atoms with Crippen LogP contribution in [0.4, 0.5) is 5.13 Å². The summed E-state index contributed by atoms with van der Waals surface area (Å²) < 4.78 is 9.10. The van der Waals surface area contributed by atoms with Crippen molar-refractivity contribution in [3.63, 3.8) is 0 Å². The Kier molecular flexibility index (Phi) is 3.65. The number of fused-ring (bicyclic) bond motifs is 2. The second kappa shape index (κ2) is 5.68. The molecule has 114 valence electrons. The molecule has 0 unspecified atom stereocenters. The summed E-state index contributed by atoms with van der Waals surface area (Å²) in [6, 6.07) is 8.70. The third kappa shape index (κ3) is 2.66. The maximum Gasteiger partial charge on any atom is 0.257 e. The molecule has 2 aromatic carbocycles. The van der Waals surface area contributed by atoms with Crippen LogP contribution in [-0.4, -0.2) is 19.6 Å². The van der Waals surface area contributed by atoms with Crippen LogP contribution in [0.15, 0.2) is 30.3 Å². The predicted molar refractivity (Wildman–Crippen MR) is 95.0 cm³/mol. The fourth-order valence-electron chi connectivity index (χ4n) is 2.08. The summed E-state index contributed by atoms with van der Waals surface area (Å²) in [5, 5.41) is 4.06. The van der Waals surface area contributed by atoms with Crippen LogP contribution in [0.2, 0.25) is 10.0 Å². The van der Waals surface area contributed by atoms with Crippen molar-refractivity contribution in [1.29, 1.82) is 0 Å². The molecule has 5 nitrogen and oxygen atoms in total. The second-order valence-corrected chi connectivity index (χ2v) is 6.99. The monoisotopic (exact) mass is 380 g/mol. The Morgan fingerprint density at radius 1 is 1.09 bits per heavy atom. The Balaban J connectivity index is 1.66. The average Bonchev–Trinajstić information content (AvgIpc) is 3.16. The molecule has 2 aromatic heterocycles. The first-order valence-corrected chi connectivity index (χ1v) is 8.70. The number of thiazole rings is 1. The van der Waals surface area contributed by atoms with Gasteiger partial charge in [-0.1, -0.05) is 34.5 Å². The number of benzene rings is 2. The molecular weight excluding hydrogens is 375 g/mol. The van der Waals surface area contributed by atoms with Crippen LogP contribution < -0.4 is 5.32 Å². The quantitative estimate of drug-likeness (QED) is 0.539. The molecule has 0 atom stereocenters. The second-order valence-electron chi connectivity index (χ2n) is 4.65. The molecule has 9 heteroatoms. The van der Waals surface area contributed by atoms with Gasteiger partial charge in [-0.3, -0.25) is 10.1 Å². The zero-order chi connectivity index (χ0) is 16.0. The van der Waals surface area contributed by atoms with Gasteiger partial charge in [0.2, 0.25) is 0 Å². The summed E-state index contributed by atoms with van der Waals surface area (Å²) in [7, 11) is 0. The summed E-state index contributed by atoms with van der Waals surface area (Å²) >= 11 is 14.6. The van der Waals surface area contributed by atoms with Crippen LogP contribution in [0.25, 0.3) is 21.3 Å². The maximum atomic E-state index is 12.4. The first kappa shape index (κ1) is 14.8. The molecule has 0 aliphatic heterocycles. The van der Waals surface area contributed by atoms with Gasteiger partial charge in [0.05, 0.1) is 26.5 Å². The summed E-state index contributed by atoms with van der Waals surface area (Å²) in [6.07, 6.45) is 0. The molecule has 0 spiro atoms. The number of carbonyl (C=O) groups excluding carboxylic acids is 1. The zero-order valence-corrected chi connectivity index (χ0v) is 14.4. The van der Waals surface area contributed by atoms with Crippen molar-refractivity contribution in [1.82, 2.24) is 13.7 Å². The van der Waals surface area contributed by atoms with Crippen molar-refractivity contribution < 1.29 is 4.79 Å². The predicted octanol–water partition coefficient (Wildman–Crippen LogP) is 4.86. The molecular formula is C14H6Cl2N4OS2. The van der Waals surface area contributed by atoms with Crippen molar-refractivity contribution in [2.24, 2.45) is 0 Å². The highest BCUT2D eigenvalue weighted by molar-refractivity contribution is 7.22. The zero-order valence-electron chi connectivity index (χ0n) is 11.2. The molecule has 1 amide bonds. The number of aromatic nitrogens is 3. The van der Waals surface area contributed by atoms with Crippen LogP contribution >= 0.6 is 46.3 Å². The Labute approximate surface area is 148 Å². The van der Waals surface area contributed by atoms with Gasteiger partial charge in [-0.15, -0.1) is 0 Å². The number of nitrogens with zero attached hydrogens (tertiary/aromatic N) is 3. The SMILES string of the molecule is O=C(Nc1nc2c(Cl)c(Cl)ccc2s1)c1ccc2nsnc2c1. The number of carbonyl (C=O) groups is 1. The fraction of sp³-hybridized carbons (Fsp3) is 0. The third-order valence-corrected chi connectivity index (χ3v) is 5.48. The highest BCUT2D eigenvalue weighted by atomic mass is 35.5. The molecule has 0 radical (unpaired) electrons. The van der Waals surface area contributed by atoms with E-state index >= 15 is 0 Å². The number of hydrogen-bond acceptors (Lipinski definition) is 6. The lowest BCUT2D eigenvalue weighted by Gasteiger charge is -2.00. The molecule has 0 saturated carbocycles. The topological polar surface area (TPSA) is 67.8 Å².